The van der Waals surface area contributed by atoms with Gasteiger partial charge in [0, 0.05) is 23.7 Å². The molecule has 1 aromatic carbocycles. The summed E-state index contributed by atoms with van der Waals surface area (Å²) in [6, 6.07) is 4.67. The molecule has 4 heteroatoms. The largest absolute Gasteiger partial charge is 0.497 e. The summed E-state index contributed by atoms with van der Waals surface area (Å²) in [5.74, 6) is 0.701. The van der Waals surface area contributed by atoms with Crippen molar-refractivity contribution in [2.45, 2.75) is 39.3 Å². The minimum Gasteiger partial charge on any atom is -0.497 e. The van der Waals surface area contributed by atoms with Gasteiger partial charge in [-0.05, 0) is 25.3 Å². The third kappa shape index (κ3) is 4.80. The van der Waals surface area contributed by atoms with Gasteiger partial charge in [0.15, 0.2) is 0 Å². The van der Waals surface area contributed by atoms with Crippen LogP contribution in [0.1, 0.15) is 38.8 Å². The lowest BCUT2D eigenvalue weighted by atomic mass is 10.0. The molecule has 0 heterocycles. The molecule has 0 aromatic heterocycles. The van der Waals surface area contributed by atoms with Gasteiger partial charge in [-0.25, -0.2) is 4.39 Å². The van der Waals surface area contributed by atoms with Crippen LogP contribution in [-0.4, -0.2) is 24.9 Å². The summed E-state index contributed by atoms with van der Waals surface area (Å²) in [5.41, 5.74) is 0.586. The fourth-order valence-corrected chi connectivity index (χ4v) is 2.19. The first kappa shape index (κ1) is 15.9. The number of hydrogen-bond donors (Lipinski definition) is 2. The third-order valence-electron chi connectivity index (χ3n) is 3.14. The number of aliphatic hydroxyl groups is 1. The van der Waals surface area contributed by atoms with Crippen molar-refractivity contribution in [2.75, 3.05) is 13.7 Å². The Balaban J connectivity index is 2.73. The fraction of sp³-hybridized carbons (Fsp3) is 0.600. The van der Waals surface area contributed by atoms with E-state index in [1.807, 2.05) is 6.92 Å². The van der Waals surface area contributed by atoms with Gasteiger partial charge in [0.25, 0.3) is 0 Å². The second-order valence-corrected chi connectivity index (χ2v) is 5.28. The van der Waals surface area contributed by atoms with Crippen LogP contribution in [0.25, 0.3) is 0 Å². The van der Waals surface area contributed by atoms with Gasteiger partial charge >= 0.3 is 0 Å². The summed E-state index contributed by atoms with van der Waals surface area (Å²) in [4.78, 5) is 0. The second-order valence-electron chi connectivity index (χ2n) is 5.28. The zero-order valence-electron chi connectivity index (χ0n) is 12.1. The van der Waals surface area contributed by atoms with Crippen molar-refractivity contribution in [3.05, 3.63) is 29.6 Å². The molecule has 0 aliphatic heterocycles. The van der Waals surface area contributed by atoms with Crippen LogP contribution in [0.15, 0.2) is 18.2 Å². The standard InChI is InChI=1S/C15H24FNO2/c1-10(2)7-12(9-18)17-11(3)14-6-5-13(19-4)8-15(14)16/h5-6,8,10-12,17-18H,7,9H2,1-4H3. The first-order chi connectivity index (χ1) is 8.97. The van der Waals surface area contributed by atoms with Crippen molar-refractivity contribution < 1.29 is 14.2 Å². The highest BCUT2D eigenvalue weighted by Crippen LogP contribution is 2.22. The van der Waals surface area contributed by atoms with E-state index in [0.717, 1.165) is 6.42 Å². The predicted molar refractivity (Wildman–Crippen MR) is 74.8 cm³/mol. The molecule has 2 atom stereocenters. The zero-order chi connectivity index (χ0) is 14.4. The highest BCUT2D eigenvalue weighted by Gasteiger charge is 2.17. The predicted octanol–water partition coefficient (Wildman–Crippen LogP) is 2.89. The molecule has 0 bridgehead atoms. The Labute approximate surface area is 114 Å². The first-order valence-electron chi connectivity index (χ1n) is 6.68. The first-order valence-corrected chi connectivity index (χ1v) is 6.68. The van der Waals surface area contributed by atoms with Gasteiger partial charge in [-0.2, -0.15) is 0 Å². The van der Waals surface area contributed by atoms with Crippen LogP contribution >= 0.6 is 0 Å². The van der Waals surface area contributed by atoms with Gasteiger partial charge in [-0.3, -0.25) is 0 Å². The maximum absolute atomic E-state index is 13.9. The van der Waals surface area contributed by atoms with E-state index < -0.39 is 0 Å². The van der Waals surface area contributed by atoms with E-state index in [-0.39, 0.29) is 24.5 Å². The smallest absolute Gasteiger partial charge is 0.131 e. The number of benzene rings is 1. The number of nitrogens with one attached hydrogen (secondary N) is 1. The van der Waals surface area contributed by atoms with Gasteiger partial charge in [-0.15, -0.1) is 0 Å². The molecule has 0 radical (unpaired) electrons. The highest BCUT2D eigenvalue weighted by atomic mass is 19.1. The molecule has 2 unspecified atom stereocenters. The lowest BCUT2D eigenvalue weighted by Crippen LogP contribution is -2.36. The molecule has 0 amide bonds. The van der Waals surface area contributed by atoms with Crippen molar-refractivity contribution >= 4 is 0 Å². The molecule has 0 fully saturated rings. The summed E-state index contributed by atoms with van der Waals surface area (Å²) in [6.45, 7) is 6.15. The quantitative estimate of drug-likeness (QED) is 0.799. The van der Waals surface area contributed by atoms with Crippen LogP contribution in [0, 0.1) is 11.7 Å². The second kappa shape index (κ2) is 7.46. The molecule has 3 nitrogen and oxygen atoms in total. The Kier molecular flexibility index (Phi) is 6.25. The van der Waals surface area contributed by atoms with Crippen LogP contribution < -0.4 is 10.1 Å². The van der Waals surface area contributed by atoms with Crippen LogP contribution in [-0.2, 0) is 0 Å². The minimum absolute atomic E-state index is 0.0171. The summed E-state index contributed by atoms with van der Waals surface area (Å²) >= 11 is 0. The molecule has 2 N–H and O–H groups in total. The van der Waals surface area contributed by atoms with Crippen LogP contribution in [0.2, 0.25) is 0 Å². The normalized spacial score (nSPS) is 14.5. The molecular formula is C15H24FNO2. The van der Waals surface area contributed by atoms with E-state index in [1.165, 1.54) is 13.2 Å². The van der Waals surface area contributed by atoms with E-state index in [0.29, 0.717) is 17.2 Å². The lowest BCUT2D eigenvalue weighted by molar-refractivity contribution is 0.214. The minimum atomic E-state index is -0.291. The topological polar surface area (TPSA) is 41.5 Å². The number of halogens is 1. The van der Waals surface area contributed by atoms with Crippen molar-refractivity contribution in [3.8, 4) is 5.75 Å². The lowest BCUT2D eigenvalue weighted by Gasteiger charge is -2.24. The van der Waals surface area contributed by atoms with Gasteiger partial charge in [-0.1, -0.05) is 19.9 Å². The number of rotatable bonds is 7. The monoisotopic (exact) mass is 269 g/mol. The Hall–Kier alpha value is -1.13. The zero-order valence-corrected chi connectivity index (χ0v) is 12.1. The average Bonchev–Trinajstić information content (AvgIpc) is 2.36. The third-order valence-corrected chi connectivity index (χ3v) is 3.14. The molecule has 19 heavy (non-hydrogen) atoms. The van der Waals surface area contributed by atoms with Gasteiger partial charge in [0.2, 0.25) is 0 Å². The van der Waals surface area contributed by atoms with Crippen LogP contribution in [0.4, 0.5) is 4.39 Å². The Morgan fingerprint density at radius 3 is 2.47 bits per heavy atom. The maximum atomic E-state index is 13.9. The molecule has 0 saturated carbocycles. The molecule has 0 aliphatic carbocycles. The highest BCUT2D eigenvalue weighted by molar-refractivity contribution is 5.30. The Bertz CT molecular complexity index is 396. The Morgan fingerprint density at radius 1 is 1.32 bits per heavy atom. The van der Waals surface area contributed by atoms with Crippen molar-refractivity contribution in [1.82, 2.24) is 5.32 Å². The van der Waals surface area contributed by atoms with Gasteiger partial charge in [0.1, 0.15) is 11.6 Å². The molecule has 0 aliphatic rings. The van der Waals surface area contributed by atoms with Crippen molar-refractivity contribution in [1.29, 1.82) is 0 Å². The van der Waals surface area contributed by atoms with Crippen molar-refractivity contribution in [3.63, 3.8) is 0 Å². The maximum Gasteiger partial charge on any atom is 0.131 e. The van der Waals surface area contributed by atoms with Crippen molar-refractivity contribution in [2.24, 2.45) is 5.92 Å². The molecular weight excluding hydrogens is 245 g/mol. The van der Waals surface area contributed by atoms with E-state index in [9.17, 15) is 9.50 Å². The molecule has 108 valence electrons. The fourth-order valence-electron chi connectivity index (χ4n) is 2.19. The van der Waals surface area contributed by atoms with E-state index in [2.05, 4.69) is 19.2 Å². The van der Waals surface area contributed by atoms with Gasteiger partial charge < -0.3 is 15.2 Å². The number of aliphatic hydroxyl groups excluding tert-OH is 1. The number of ether oxygens (including phenoxy) is 1. The van der Waals surface area contributed by atoms with Crippen LogP contribution in [0.5, 0.6) is 5.75 Å². The number of hydrogen-bond acceptors (Lipinski definition) is 3. The Morgan fingerprint density at radius 2 is 2.00 bits per heavy atom. The SMILES string of the molecule is COc1ccc(C(C)NC(CO)CC(C)C)c(F)c1. The molecule has 0 saturated heterocycles. The summed E-state index contributed by atoms with van der Waals surface area (Å²) in [7, 11) is 1.51. The summed E-state index contributed by atoms with van der Waals surface area (Å²) in [6.07, 6.45) is 0.860. The van der Waals surface area contributed by atoms with Crippen LogP contribution in [0.3, 0.4) is 0 Å². The van der Waals surface area contributed by atoms with E-state index in [4.69, 9.17) is 4.74 Å². The average molecular weight is 269 g/mol. The van der Waals surface area contributed by atoms with Gasteiger partial charge in [0.05, 0.1) is 13.7 Å². The van der Waals surface area contributed by atoms with E-state index in [1.54, 1.807) is 12.1 Å². The molecule has 1 aromatic rings. The number of methoxy groups -OCH3 is 1. The molecule has 0 spiro atoms. The summed E-state index contributed by atoms with van der Waals surface area (Å²) in [5, 5.41) is 12.6. The summed E-state index contributed by atoms with van der Waals surface area (Å²) < 4.78 is 18.9. The van der Waals surface area contributed by atoms with E-state index >= 15 is 0 Å². The molecule has 1 rings (SSSR count).